The van der Waals surface area contributed by atoms with E-state index in [4.69, 9.17) is 4.89 Å². The topological polar surface area (TPSA) is 94.6 Å². The van der Waals surface area contributed by atoms with Gasteiger partial charge in [0.15, 0.2) is 5.75 Å². The first-order chi connectivity index (χ1) is 14.9. The van der Waals surface area contributed by atoms with E-state index in [1.165, 1.54) is 6.92 Å². The van der Waals surface area contributed by atoms with E-state index in [9.17, 15) is 13.2 Å². The Balaban J connectivity index is 1.56. The van der Waals surface area contributed by atoms with Crippen LogP contribution in [0.15, 0.2) is 71.9 Å². The lowest BCUT2D eigenvalue weighted by molar-refractivity contribution is -0.211. The highest BCUT2D eigenvalue weighted by molar-refractivity contribution is 7.89. The molecule has 0 fully saturated rings. The predicted octanol–water partition coefficient (Wildman–Crippen LogP) is 3.96. The van der Waals surface area contributed by atoms with Crippen LogP contribution in [0.4, 0.5) is 0 Å². The van der Waals surface area contributed by atoms with E-state index in [-0.39, 0.29) is 4.90 Å². The standard InChI is InChI=1S/C23H22N2O5S/c1-16(26)29-30-23-7-3-4-20-21(23)5-2-6-22(20)25-31(27,28)19-10-8-17(9-11-19)18-12-14-24-15-13-18/h3-4,7-15,22,25H,2,5-6H2,1H3. The molecule has 7 nitrogen and oxygen atoms in total. The van der Waals surface area contributed by atoms with Crippen LogP contribution in [0.25, 0.3) is 11.1 Å². The van der Waals surface area contributed by atoms with E-state index < -0.39 is 22.0 Å². The Morgan fingerprint density at radius 3 is 2.45 bits per heavy atom. The Bertz CT molecular complexity index is 1180. The van der Waals surface area contributed by atoms with E-state index in [1.54, 1.807) is 48.8 Å². The molecule has 3 aromatic rings. The summed E-state index contributed by atoms with van der Waals surface area (Å²) in [6.45, 7) is 1.26. The zero-order valence-corrected chi connectivity index (χ0v) is 17.8. The van der Waals surface area contributed by atoms with Crippen molar-refractivity contribution in [3.05, 3.63) is 78.1 Å². The number of aromatic nitrogens is 1. The number of benzene rings is 2. The van der Waals surface area contributed by atoms with Crippen LogP contribution in [-0.4, -0.2) is 19.4 Å². The Labute approximate surface area is 181 Å². The number of hydrogen-bond acceptors (Lipinski definition) is 6. The molecule has 160 valence electrons. The zero-order chi connectivity index (χ0) is 21.8. The van der Waals surface area contributed by atoms with E-state index in [0.717, 1.165) is 28.7 Å². The molecule has 1 aliphatic rings. The Kier molecular flexibility index (Phi) is 6.01. The quantitative estimate of drug-likeness (QED) is 0.462. The summed E-state index contributed by atoms with van der Waals surface area (Å²) in [6.07, 6.45) is 5.55. The summed E-state index contributed by atoms with van der Waals surface area (Å²) >= 11 is 0. The molecule has 4 rings (SSSR count). The van der Waals surface area contributed by atoms with Gasteiger partial charge in [0.1, 0.15) is 0 Å². The van der Waals surface area contributed by atoms with Gasteiger partial charge in [-0.25, -0.2) is 17.9 Å². The minimum Gasteiger partial charge on any atom is -0.287 e. The summed E-state index contributed by atoms with van der Waals surface area (Å²) in [4.78, 5) is 25.1. The summed E-state index contributed by atoms with van der Waals surface area (Å²) in [5.41, 5.74) is 3.55. The molecule has 1 heterocycles. The number of fused-ring (bicyclic) bond motifs is 1. The lowest BCUT2D eigenvalue weighted by atomic mass is 9.88. The summed E-state index contributed by atoms with van der Waals surface area (Å²) in [5.74, 6) is -0.126. The second kappa shape index (κ2) is 8.87. The Hall–Kier alpha value is -3.23. The maximum atomic E-state index is 13.0. The lowest BCUT2D eigenvalue weighted by Crippen LogP contribution is -2.31. The summed E-state index contributed by atoms with van der Waals surface area (Å²) in [5, 5.41) is 0. The van der Waals surface area contributed by atoms with Gasteiger partial charge in [0.05, 0.1) is 4.90 Å². The number of carbonyl (C=O) groups excluding carboxylic acids is 1. The summed E-state index contributed by atoms with van der Waals surface area (Å²) in [6, 6.07) is 15.4. The molecule has 2 aromatic carbocycles. The Morgan fingerprint density at radius 2 is 1.74 bits per heavy atom. The number of hydrogen-bond donors (Lipinski definition) is 1. The van der Waals surface area contributed by atoms with Crippen LogP contribution in [0, 0.1) is 0 Å². The second-order valence-electron chi connectivity index (χ2n) is 7.31. The first kappa shape index (κ1) is 21.0. The molecule has 1 unspecified atom stereocenters. The fourth-order valence-corrected chi connectivity index (χ4v) is 5.00. The number of pyridine rings is 1. The van der Waals surface area contributed by atoms with Gasteiger partial charge < -0.3 is 0 Å². The van der Waals surface area contributed by atoms with Crippen LogP contribution >= 0.6 is 0 Å². The van der Waals surface area contributed by atoms with Crippen molar-refractivity contribution in [2.24, 2.45) is 0 Å². The number of nitrogens with zero attached hydrogens (tertiary/aromatic N) is 1. The fraction of sp³-hybridized carbons (Fsp3) is 0.217. The summed E-state index contributed by atoms with van der Waals surface area (Å²) in [7, 11) is -3.73. The smallest absolute Gasteiger partial charge is 0.287 e. The van der Waals surface area contributed by atoms with Gasteiger partial charge in [-0.15, -0.1) is 0 Å². The third-order valence-corrected chi connectivity index (χ3v) is 6.68. The molecular formula is C23H22N2O5S. The maximum Gasteiger partial charge on any atom is 0.352 e. The highest BCUT2D eigenvalue weighted by Gasteiger charge is 2.28. The first-order valence-corrected chi connectivity index (χ1v) is 11.4. The van der Waals surface area contributed by atoms with E-state index >= 15 is 0 Å². The van der Waals surface area contributed by atoms with Crippen LogP contribution in [0.3, 0.4) is 0 Å². The minimum atomic E-state index is -3.73. The maximum absolute atomic E-state index is 13.0. The van der Waals surface area contributed by atoms with Gasteiger partial charge in [0.25, 0.3) is 0 Å². The van der Waals surface area contributed by atoms with Gasteiger partial charge in [-0.2, -0.15) is 0 Å². The normalized spacial score (nSPS) is 15.7. The molecule has 0 saturated carbocycles. The van der Waals surface area contributed by atoms with Crippen molar-refractivity contribution in [1.29, 1.82) is 0 Å². The SMILES string of the molecule is CC(=O)OOc1cccc2c1CCCC2NS(=O)(=O)c1ccc(-c2ccncc2)cc1. The van der Waals surface area contributed by atoms with Crippen LogP contribution in [0.5, 0.6) is 5.75 Å². The second-order valence-corrected chi connectivity index (χ2v) is 9.02. The highest BCUT2D eigenvalue weighted by Crippen LogP contribution is 2.36. The molecular weight excluding hydrogens is 416 g/mol. The van der Waals surface area contributed by atoms with E-state index in [1.807, 2.05) is 18.2 Å². The van der Waals surface area contributed by atoms with Gasteiger partial charge in [0, 0.05) is 30.9 Å². The zero-order valence-electron chi connectivity index (χ0n) is 16.9. The first-order valence-electron chi connectivity index (χ1n) is 9.94. The van der Waals surface area contributed by atoms with Crippen molar-refractivity contribution in [3.63, 3.8) is 0 Å². The number of sulfonamides is 1. The van der Waals surface area contributed by atoms with Crippen molar-refractivity contribution < 1.29 is 23.0 Å². The Morgan fingerprint density at radius 1 is 1.03 bits per heavy atom. The van der Waals surface area contributed by atoms with Crippen molar-refractivity contribution in [1.82, 2.24) is 9.71 Å². The molecule has 1 aromatic heterocycles. The van der Waals surface area contributed by atoms with Crippen LogP contribution in [0.1, 0.15) is 36.9 Å². The van der Waals surface area contributed by atoms with E-state index in [0.29, 0.717) is 18.6 Å². The third-order valence-electron chi connectivity index (χ3n) is 5.19. The number of nitrogens with one attached hydrogen (secondary N) is 1. The van der Waals surface area contributed by atoms with Crippen LogP contribution in [0.2, 0.25) is 0 Å². The highest BCUT2D eigenvalue weighted by atomic mass is 32.2. The predicted molar refractivity (Wildman–Crippen MR) is 115 cm³/mol. The molecule has 0 radical (unpaired) electrons. The van der Waals surface area contributed by atoms with Crippen molar-refractivity contribution in [2.75, 3.05) is 0 Å². The average Bonchev–Trinajstić information content (AvgIpc) is 2.78. The molecule has 31 heavy (non-hydrogen) atoms. The number of rotatable bonds is 6. The molecule has 8 heteroatoms. The minimum absolute atomic E-state index is 0.199. The monoisotopic (exact) mass is 438 g/mol. The van der Waals surface area contributed by atoms with Gasteiger partial charge >= 0.3 is 5.97 Å². The molecule has 0 spiro atoms. The van der Waals surface area contributed by atoms with E-state index in [2.05, 4.69) is 14.6 Å². The van der Waals surface area contributed by atoms with Gasteiger partial charge in [-0.3, -0.25) is 14.8 Å². The van der Waals surface area contributed by atoms with Gasteiger partial charge in [-0.1, -0.05) is 24.3 Å². The fourth-order valence-electron chi connectivity index (χ4n) is 3.75. The number of carbonyl (C=O) groups is 1. The molecule has 0 amide bonds. The van der Waals surface area contributed by atoms with Crippen molar-refractivity contribution >= 4 is 16.0 Å². The lowest BCUT2D eigenvalue weighted by Gasteiger charge is -2.27. The third kappa shape index (κ3) is 4.76. The van der Waals surface area contributed by atoms with Crippen molar-refractivity contribution in [2.45, 2.75) is 37.1 Å². The van der Waals surface area contributed by atoms with Gasteiger partial charge in [0.2, 0.25) is 10.0 Å². The summed E-state index contributed by atoms with van der Waals surface area (Å²) < 4.78 is 28.9. The molecule has 1 N–H and O–H groups in total. The van der Waals surface area contributed by atoms with Crippen LogP contribution < -0.4 is 9.61 Å². The van der Waals surface area contributed by atoms with Gasteiger partial charge in [-0.05, 0) is 66.3 Å². The molecule has 0 aliphatic heterocycles. The molecule has 1 atom stereocenters. The molecule has 0 bridgehead atoms. The largest absolute Gasteiger partial charge is 0.352 e. The molecule has 0 saturated heterocycles. The molecule has 1 aliphatic carbocycles. The van der Waals surface area contributed by atoms with Crippen LogP contribution in [-0.2, 0) is 26.1 Å². The van der Waals surface area contributed by atoms with Crippen molar-refractivity contribution in [3.8, 4) is 16.9 Å². The average molecular weight is 439 g/mol.